The second kappa shape index (κ2) is 8.47. The van der Waals surface area contributed by atoms with E-state index in [1.165, 1.54) is 19.8 Å². The van der Waals surface area contributed by atoms with Crippen molar-refractivity contribution in [2.45, 2.75) is 64.3 Å². The van der Waals surface area contributed by atoms with Gasteiger partial charge < -0.3 is 10.6 Å². The van der Waals surface area contributed by atoms with Gasteiger partial charge in [0.25, 0.3) is 0 Å². The van der Waals surface area contributed by atoms with Gasteiger partial charge in [0.1, 0.15) is 0 Å². The molecule has 2 aliphatic rings. The summed E-state index contributed by atoms with van der Waals surface area (Å²) in [5, 5.41) is 6.11. The molecule has 0 bridgehead atoms. The summed E-state index contributed by atoms with van der Waals surface area (Å²) in [6.45, 7) is 1.52. The topological polar surface area (TPSA) is 75.3 Å². The monoisotopic (exact) mass is 356 g/mol. The predicted molar refractivity (Wildman–Crippen MR) is 101 cm³/mol. The van der Waals surface area contributed by atoms with Gasteiger partial charge in [-0.25, -0.2) is 0 Å². The van der Waals surface area contributed by atoms with Gasteiger partial charge >= 0.3 is 0 Å². The minimum absolute atomic E-state index is 0.00947. The van der Waals surface area contributed by atoms with E-state index < -0.39 is 0 Å². The van der Waals surface area contributed by atoms with Crippen LogP contribution in [-0.2, 0) is 9.59 Å². The molecule has 0 radical (unpaired) electrons. The SMILES string of the molecule is CC(=O)c1ccc(NC(=O)C2CCC(C(=O)NC3CCCC3)CC2)cc1. The van der Waals surface area contributed by atoms with Crippen LogP contribution in [0.3, 0.4) is 0 Å². The van der Waals surface area contributed by atoms with Crippen LogP contribution >= 0.6 is 0 Å². The minimum Gasteiger partial charge on any atom is -0.353 e. The van der Waals surface area contributed by atoms with E-state index in [9.17, 15) is 14.4 Å². The highest BCUT2D eigenvalue weighted by molar-refractivity contribution is 5.96. The van der Waals surface area contributed by atoms with Crippen LogP contribution < -0.4 is 10.6 Å². The fraction of sp³-hybridized carbons (Fsp3) is 0.571. The average molecular weight is 356 g/mol. The molecule has 3 rings (SSSR count). The van der Waals surface area contributed by atoms with Crippen molar-refractivity contribution in [2.24, 2.45) is 11.8 Å². The highest BCUT2D eigenvalue weighted by atomic mass is 16.2. The first-order valence-corrected chi connectivity index (χ1v) is 9.75. The number of carbonyl (C=O) groups excluding carboxylic acids is 3. The van der Waals surface area contributed by atoms with Gasteiger partial charge in [-0.1, -0.05) is 12.8 Å². The number of hydrogen-bond acceptors (Lipinski definition) is 3. The summed E-state index contributed by atoms with van der Waals surface area (Å²) >= 11 is 0. The Morgan fingerprint density at radius 2 is 1.35 bits per heavy atom. The lowest BCUT2D eigenvalue weighted by Crippen LogP contribution is -2.39. The minimum atomic E-state index is -0.0435. The third-order valence-corrected chi connectivity index (χ3v) is 5.73. The van der Waals surface area contributed by atoms with Crippen molar-refractivity contribution in [3.8, 4) is 0 Å². The van der Waals surface area contributed by atoms with Crippen molar-refractivity contribution in [1.29, 1.82) is 0 Å². The molecule has 0 heterocycles. The van der Waals surface area contributed by atoms with E-state index in [4.69, 9.17) is 0 Å². The van der Waals surface area contributed by atoms with Crippen LogP contribution in [0, 0.1) is 11.8 Å². The van der Waals surface area contributed by atoms with Gasteiger partial charge in [-0.2, -0.15) is 0 Å². The lowest BCUT2D eigenvalue weighted by atomic mass is 9.81. The Bertz CT molecular complexity index is 654. The van der Waals surface area contributed by atoms with E-state index in [1.807, 2.05) is 0 Å². The van der Waals surface area contributed by atoms with Gasteiger partial charge in [-0.15, -0.1) is 0 Å². The lowest BCUT2D eigenvalue weighted by molar-refractivity contribution is -0.129. The molecule has 2 saturated carbocycles. The normalized spacial score (nSPS) is 23.4. The molecule has 5 heteroatoms. The van der Waals surface area contributed by atoms with Crippen LogP contribution in [0.1, 0.15) is 68.6 Å². The Hall–Kier alpha value is -2.17. The lowest BCUT2D eigenvalue weighted by Gasteiger charge is -2.28. The second-order valence-corrected chi connectivity index (χ2v) is 7.66. The van der Waals surface area contributed by atoms with Crippen molar-refractivity contribution in [3.05, 3.63) is 29.8 Å². The number of Topliss-reactive ketones (excluding diaryl/α,β-unsaturated/α-hetero) is 1. The van der Waals surface area contributed by atoms with E-state index in [0.717, 1.165) is 38.5 Å². The molecule has 26 heavy (non-hydrogen) atoms. The third kappa shape index (κ3) is 4.71. The summed E-state index contributed by atoms with van der Waals surface area (Å²) < 4.78 is 0. The van der Waals surface area contributed by atoms with E-state index >= 15 is 0 Å². The molecule has 0 aliphatic heterocycles. The summed E-state index contributed by atoms with van der Waals surface area (Å²) in [6, 6.07) is 7.33. The highest BCUT2D eigenvalue weighted by Gasteiger charge is 2.31. The predicted octanol–water partition coefficient (Wildman–Crippen LogP) is 3.69. The van der Waals surface area contributed by atoms with Crippen LogP contribution in [0.25, 0.3) is 0 Å². The number of nitrogens with one attached hydrogen (secondary N) is 2. The first-order valence-electron chi connectivity index (χ1n) is 9.75. The summed E-state index contributed by atoms with van der Waals surface area (Å²) in [4.78, 5) is 36.1. The Kier molecular flexibility index (Phi) is 6.07. The van der Waals surface area contributed by atoms with Gasteiger partial charge in [-0.05, 0) is 69.7 Å². The number of benzene rings is 1. The molecular weight excluding hydrogens is 328 g/mol. The molecule has 0 atom stereocenters. The molecular formula is C21H28N2O3. The molecule has 0 spiro atoms. The molecule has 5 nitrogen and oxygen atoms in total. The molecule has 0 unspecified atom stereocenters. The molecule has 1 aromatic rings. The van der Waals surface area contributed by atoms with Crippen molar-refractivity contribution in [3.63, 3.8) is 0 Å². The number of anilines is 1. The first kappa shape index (κ1) is 18.6. The van der Waals surface area contributed by atoms with Gasteiger partial charge in [0.15, 0.2) is 5.78 Å². The molecule has 2 N–H and O–H groups in total. The maximum absolute atomic E-state index is 12.5. The van der Waals surface area contributed by atoms with Crippen LogP contribution in [0.5, 0.6) is 0 Å². The van der Waals surface area contributed by atoms with Gasteiger partial charge in [-0.3, -0.25) is 14.4 Å². The maximum atomic E-state index is 12.5. The molecule has 0 aromatic heterocycles. The third-order valence-electron chi connectivity index (χ3n) is 5.73. The Labute approximate surface area is 154 Å². The van der Waals surface area contributed by atoms with E-state index in [2.05, 4.69) is 10.6 Å². The number of hydrogen-bond donors (Lipinski definition) is 2. The quantitative estimate of drug-likeness (QED) is 0.790. The zero-order valence-corrected chi connectivity index (χ0v) is 15.4. The standard InChI is InChI=1S/C21H28N2O3/c1-14(24)15-10-12-19(13-11-15)23-21(26)17-8-6-16(7-9-17)20(25)22-18-4-2-3-5-18/h10-13,16-18H,2-9H2,1H3,(H,22,25)(H,23,26). The van der Waals surface area contributed by atoms with Crippen molar-refractivity contribution < 1.29 is 14.4 Å². The number of ketones is 1. The van der Waals surface area contributed by atoms with Gasteiger partial charge in [0, 0.05) is 29.1 Å². The zero-order chi connectivity index (χ0) is 18.5. The van der Waals surface area contributed by atoms with Gasteiger partial charge in [0.05, 0.1) is 0 Å². The first-order chi connectivity index (χ1) is 12.5. The largest absolute Gasteiger partial charge is 0.353 e. The molecule has 2 fully saturated rings. The fourth-order valence-corrected chi connectivity index (χ4v) is 4.04. The smallest absolute Gasteiger partial charge is 0.227 e. The second-order valence-electron chi connectivity index (χ2n) is 7.66. The van der Waals surface area contributed by atoms with Crippen molar-refractivity contribution in [1.82, 2.24) is 5.32 Å². The number of amides is 2. The maximum Gasteiger partial charge on any atom is 0.227 e. The summed E-state index contributed by atoms with van der Waals surface area (Å²) in [5.74, 6) is 0.204. The van der Waals surface area contributed by atoms with Crippen molar-refractivity contribution in [2.75, 3.05) is 5.32 Å². The zero-order valence-electron chi connectivity index (χ0n) is 15.4. The summed E-state index contributed by atoms with van der Waals surface area (Å²) in [7, 11) is 0. The highest BCUT2D eigenvalue weighted by Crippen LogP contribution is 2.30. The molecule has 1 aromatic carbocycles. The van der Waals surface area contributed by atoms with E-state index in [1.54, 1.807) is 24.3 Å². The summed E-state index contributed by atoms with van der Waals surface area (Å²) in [5.41, 5.74) is 1.35. The molecule has 0 saturated heterocycles. The molecule has 2 aliphatic carbocycles. The average Bonchev–Trinajstić information content (AvgIpc) is 3.15. The van der Waals surface area contributed by atoms with Gasteiger partial charge in [0.2, 0.25) is 11.8 Å². The number of carbonyl (C=O) groups is 3. The van der Waals surface area contributed by atoms with Crippen LogP contribution in [0.15, 0.2) is 24.3 Å². The summed E-state index contributed by atoms with van der Waals surface area (Å²) in [6.07, 6.45) is 7.69. The van der Waals surface area contributed by atoms with E-state index in [-0.39, 0.29) is 29.4 Å². The molecule has 140 valence electrons. The van der Waals surface area contributed by atoms with Crippen LogP contribution in [0.2, 0.25) is 0 Å². The molecule has 2 amide bonds. The Morgan fingerprint density at radius 3 is 1.88 bits per heavy atom. The van der Waals surface area contributed by atoms with Crippen LogP contribution in [-0.4, -0.2) is 23.6 Å². The Morgan fingerprint density at radius 1 is 0.808 bits per heavy atom. The van der Waals surface area contributed by atoms with E-state index in [0.29, 0.717) is 17.3 Å². The van der Waals surface area contributed by atoms with Crippen LogP contribution in [0.4, 0.5) is 5.69 Å². The fourth-order valence-electron chi connectivity index (χ4n) is 4.04. The Balaban J connectivity index is 1.45. The van der Waals surface area contributed by atoms with Crippen molar-refractivity contribution >= 4 is 23.3 Å². The number of rotatable bonds is 5.